The van der Waals surface area contributed by atoms with Gasteiger partial charge in [0.2, 0.25) is 0 Å². The highest BCUT2D eigenvalue weighted by Gasteiger charge is 2.32. The molecular formula is C22H34BrNO2. The van der Waals surface area contributed by atoms with Crippen molar-refractivity contribution in [3.63, 3.8) is 0 Å². The first-order valence-corrected chi connectivity index (χ1v) is 11.1. The van der Waals surface area contributed by atoms with Gasteiger partial charge in [0.05, 0.1) is 7.11 Å². The Morgan fingerprint density at radius 2 is 2.04 bits per heavy atom. The molecule has 0 spiro atoms. The zero-order valence-electron chi connectivity index (χ0n) is 16.2. The van der Waals surface area contributed by atoms with Crippen LogP contribution < -0.4 is 4.74 Å². The van der Waals surface area contributed by atoms with Crippen LogP contribution in [-0.4, -0.2) is 43.4 Å². The van der Waals surface area contributed by atoms with E-state index in [9.17, 15) is 5.11 Å². The lowest BCUT2D eigenvalue weighted by atomic mass is 9.70. The zero-order chi connectivity index (χ0) is 18.4. The normalized spacial score (nSPS) is 23.3. The standard InChI is InChI=1S/C22H34BrNO2/c1-26-20-5-6-21(23)19(16-20)15-18-7-12-24(17-18)13-10-22(11-14-25)8-3-2-4-9-22/h5-6,16,18,25H,2-4,7-15,17H2,1H3. The van der Waals surface area contributed by atoms with Gasteiger partial charge in [0, 0.05) is 17.6 Å². The minimum Gasteiger partial charge on any atom is -0.497 e. The number of aliphatic hydroxyl groups excluding tert-OH is 1. The Morgan fingerprint density at radius 3 is 2.77 bits per heavy atom. The van der Waals surface area contributed by atoms with E-state index in [1.165, 1.54) is 74.6 Å². The third kappa shape index (κ3) is 5.24. The van der Waals surface area contributed by atoms with Crippen molar-refractivity contribution in [3.8, 4) is 5.75 Å². The number of halogens is 1. The first-order chi connectivity index (χ1) is 12.6. The monoisotopic (exact) mass is 423 g/mol. The molecule has 1 atom stereocenters. The van der Waals surface area contributed by atoms with Gasteiger partial charge in [-0.25, -0.2) is 0 Å². The topological polar surface area (TPSA) is 32.7 Å². The summed E-state index contributed by atoms with van der Waals surface area (Å²) in [7, 11) is 1.73. The molecular weight excluding hydrogens is 390 g/mol. The Kier molecular flexibility index (Phi) is 7.42. The lowest BCUT2D eigenvalue weighted by Crippen LogP contribution is -2.32. The number of ether oxygens (including phenoxy) is 1. The van der Waals surface area contributed by atoms with E-state index in [1.807, 2.05) is 6.07 Å². The highest BCUT2D eigenvalue weighted by Crippen LogP contribution is 2.42. The number of aliphatic hydroxyl groups is 1. The molecule has 146 valence electrons. The number of hydrogen-bond donors (Lipinski definition) is 1. The van der Waals surface area contributed by atoms with Crippen molar-refractivity contribution in [2.45, 2.75) is 57.8 Å². The van der Waals surface area contributed by atoms with E-state index in [-0.39, 0.29) is 0 Å². The highest BCUT2D eigenvalue weighted by atomic mass is 79.9. The Labute approximate surface area is 167 Å². The van der Waals surface area contributed by atoms with Gasteiger partial charge in [-0.3, -0.25) is 0 Å². The van der Waals surface area contributed by atoms with Crippen molar-refractivity contribution in [2.24, 2.45) is 11.3 Å². The summed E-state index contributed by atoms with van der Waals surface area (Å²) in [5.74, 6) is 1.68. The van der Waals surface area contributed by atoms with Gasteiger partial charge in [-0.1, -0.05) is 35.2 Å². The maximum absolute atomic E-state index is 9.52. The van der Waals surface area contributed by atoms with E-state index in [2.05, 4.69) is 33.0 Å². The van der Waals surface area contributed by atoms with Crippen molar-refractivity contribution < 1.29 is 9.84 Å². The van der Waals surface area contributed by atoms with Gasteiger partial charge < -0.3 is 14.7 Å². The Morgan fingerprint density at radius 1 is 1.23 bits per heavy atom. The molecule has 1 saturated carbocycles. The quantitative estimate of drug-likeness (QED) is 0.634. The molecule has 3 rings (SSSR count). The van der Waals surface area contributed by atoms with Gasteiger partial charge in [-0.2, -0.15) is 0 Å². The van der Waals surface area contributed by atoms with Crippen LogP contribution in [0, 0.1) is 11.3 Å². The fourth-order valence-corrected chi connectivity index (χ4v) is 5.40. The molecule has 0 aromatic heterocycles. The minimum atomic E-state index is 0.354. The molecule has 1 unspecified atom stereocenters. The molecule has 0 radical (unpaired) electrons. The molecule has 1 heterocycles. The van der Waals surface area contributed by atoms with Gasteiger partial charge in [-0.05, 0) is 86.7 Å². The van der Waals surface area contributed by atoms with E-state index in [0.717, 1.165) is 24.5 Å². The second-order valence-corrected chi connectivity index (χ2v) is 9.26. The SMILES string of the molecule is COc1ccc(Br)c(CC2CCN(CCC3(CCO)CCCCC3)C2)c1. The van der Waals surface area contributed by atoms with Crippen LogP contribution in [0.25, 0.3) is 0 Å². The fraction of sp³-hybridized carbons (Fsp3) is 0.727. The van der Waals surface area contributed by atoms with Gasteiger partial charge in [0.25, 0.3) is 0 Å². The Bertz CT molecular complexity index is 566. The fourth-order valence-electron chi connectivity index (χ4n) is 4.99. The number of likely N-dealkylation sites (tertiary alicyclic amines) is 1. The average Bonchev–Trinajstić information content (AvgIpc) is 3.10. The third-order valence-corrected chi connectivity index (χ3v) is 7.42. The molecule has 0 bridgehead atoms. The first kappa shape index (κ1) is 20.2. The van der Waals surface area contributed by atoms with E-state index >= 15 is 0 Å². The van der Waals surface area contributed by atoms with Crippen LogP contribution >= 0.6 is 15.9 Å². The third-order valence-electron chi connectivity index (χ3n) is 6.65. The molecule has 4 heteroatoms. The van der Waals surface area contributed by atoms with E-state index < -0.39 is 0 Å². The largest absolute Gasteiger partial charge is 0.497 e. The molecule has 1 aliphatic heterocycles. The second kappa shape index (κ2) is 9.57. The molecule has 1 aliphatic carbocycles. The molecule has 2 aliphatic rings. The van der Waals surface area contributed by atoms with Crippen molar-refractivity contribution >= 4 is 15.9 Å². The van der Waals surface area contributed by atoms with Gasteiger partial charge in [0.1, 0.15) is 5.75 Å². The molecule has 3 nitrogen and oxygen atoms in total. The molecule has 1 N–H and O–H groups in total. The van der Waals surface area contributed by atoms with E-state index in [1.54, 1.807) is 7.11 Å². The van der Waals surface area contributed by atoms with Crippen LogP contribution in [0.1, 0.15) is 56.9 Å². The lowest BCUT2D eigenvalue weighted by molar-refractivity contribution is 0.104. The summed E-state index contributed by atoms with van der Waals surface area (Å²) in [4.78, 5) is 2.66. The molecule has 1 saturated heterocycles. The molecule has 1 aromatic rings. The van der Waals surface area contributed by atoms with Crippen LogP contribution in [0.5, 0.6) is 5.75 Å². The van der Waals surface area contributed by atoms with Crippen molar-refractivity contribution in [3.05, 3.63) is 28.2 Å². The summed E-state index contributed by atoms with van der Waals surface area (Å²) in [6.45, 7) is 3.99. The summed E-state index contributed by atoms with van der Waals surface area (Å²) in [5, 5.41) is 9.52. The molecule has 1 aromatic carbocycles. The van der Waals surface area contributed by atoms with Gasteiger partial charge in [0.15, 0.2) is 0 Å². The molecule has 26 heavy (non-hydrogen) atoms. The van der Waals surface area contributed by atoms with Crippen LogP contribution in [0.4, 0.5) is 0 Å². The van der Waals surface area contributed by atoms with Crippen LogP contribution in [0.2, 0.25) is 0 Å². The van der Waals surface area contributed by atoms with Crippen LogP contribution in [-0.2, 0) is 6.42 Å². The number of hydrogen-bond acceptors (Lipinski definition) is 3. The minimum absolute atomic E-state index is 0.354. The van der Waals surface area contributed by atoms with Crippen LogP contribution in [0.3, 0.4) is 0 Å². The highest BCUT2D eigenvalue weighted by molar-refractivity contribution is 9.10. The zero-order valence-corrected chi connectivity index (χ0v) is 17.8. The number of benzene rings is 1. The summed E-state index contributed by atoms with van der Waals surface area (Å²) < 4.78 is 6.58. The Balaban J connectivity index is 1.50. The number of rotatable bonds is 8. The van der Waals surface area contributed by atoms with Gasteiger partial charge >= 0.3 is 0 Å². The first-order valence-electron chi connectivity index (χ1n) is 10.3. The van der Waals surface area contributed by atoms with E-state index in [4.69, 9.17) is 4.74 Å². The number of nitrogens with zero attached hydrogens (tertiary/aromatic N) is 1. The Hall–Kier alpha value is -0.580. The summed E-state index contributed by atoms with van der Waals surface area (Å²) in [5.41, 5.74) is 1.78. The maximum atomic E-state index is 9.52. The summed E-state index contributed by atoms with van der Waals surface area (Å²) in [6, 6.07) is 6.28. The van der Waals surface area contributed by atoms with Crippen molar-refractivity contribution in [1.29, 1.82) is 0 Å². The van der Waals surface area contributed by atoms with Gasteiger partial charge in [-0.15, -0.1) is 0 Å². The smallest absolute Gasteiger partial charge is 0.119 e. The maximum Gasteiger partial charge on any atom is 0.119 e. The molecule has 0 amide bonds. The lowest BCUT2D eigenvalue weighted by Gasteiger charge is -2.38. The molecule has 2 fully saturated rings. The van der Waals surface area contributed by atoms with Crippen molar-refractivity contribution in [1.82, 2.24) is 4.90 Å². The van der Waals surface area contributed by atoms with E-state index in [0.29, 0.717) is 12.0 Å². The number of methoxy groups -OCH3 is 1. The predicted molar refractivity (Wildman–Crippen MR) is 111 cm³/mol. The second-order valence-electron chi connectivity index (χ2n) is 8.40. The summed E-state index contributed by atoms with van der Waals surface area (Å²) >= 11 is 3.70. The summed E-state index contributed by atoms with van der Waals surface area (Å²) in [6.07, 6.45) is 11.4. The van der Waals surface area contributed by atoms with Crippen molar-refractivity contribution in [2.75, 3.05) is 33.4 Å². The van der Waals surface area contributed by atoms with Crippen LogP contribution in [0.15, 0.2) is 22.7 Å². The average molecular weight is 424 g/mol. The predicted octanol–water partition coefficient (Wildman–Crippen LogP) is 5.05.